The third kappa shape index (κ3) is 3.24. The molecule has 1 aromatic heterocycles. The van der Waals surface area contributed by atoms with Gasteiger partial charge in [0.05, 0.1) is 6.61 Å². The van der Waals surface area contributed by atoms with Crippen LogP contribution in [-0.2, 0) is 0 Å². The van der Waals surface area contributed by atoms with Crippen molar-refractivity contribution in [2.24, 2.45) is 0 Å². The van der Waals surface area contributed by atoms with Crippen LogP contribution in [0.3, 0.4) is 0 Å². The van der Waals surface area contributed by atoms with Crippen LogP contribution in [0.2, 0.25) is 0 Å². The number of anilines is 2. The summed E-state index contributed by atoms with van der Waals surface area (Å²) in [6, 6.07) is 0.481. The molecule has 0 spiro atoms. The van der Waals surface area contributed by atoms with Crippen LogP contribution < -0.4 is 15.8 Å². The fourth-order valence-electron chi connectivity index (χ4n) is 2.25. The molecule has 5 heteroatoms. The van der Waals surface area contributed by atoms with E-state index < -0.39 is 0 Å². The van der Waals surface area contributed by atoms with E-state index in [4.69, 9.17) is 10.5 Å². The minimum absolute atomic E-state index is 0.481. The molecule has 100 valence electrons. The molecule has 1 aliphatic carbocycles. The number of rotatable bonds is 5. The van der Waals surface area contributed by atoms with Gasteiger partial charge in [-0.05, 0) is 19.3 Å². The van der Waals surface area contributed by atoms with E-state index in [1.165, 1.54) is 38.4 Å². The number of aromatic nitrogens is 2. The highest BCUT2D eigenvalue weighted by Crippen LogP contribution is 2.28. The highest BCUT2D eigenvalue weighted by Gasteiger charge is 2.16. The third-order valence-corrected chi connectivity index (χ3v) is 3.24. The summed E-state index contributed by atoms with van der Waals surface area (Å²) >= 11 is 0. The lowest BCUT2D eigenvalue weighted by atomic mass is 9.95. The van der Waals surface area contributed by atoms with Gasteiger partial charge in [-0.25, -0.2) is 4.98 Å². The Labute approximate surface area is 108 Å². The van der Waals surface area contributed by atoms with Gasteiger partial charge in [0.1, 0.15) is 12.0 Å². The van der Waals surface area contributed by atoms with E-state index in [-0.39, 0.29) is 0 Å². The monoisotopic (exact) mass is 250 g/mol. The van der Waals surface area contributed by atoms with Crippen LogP contribution in [0.25, 0.3) is 0 Å². The van der Waals surface area contributed by atoms with Gasteiger partial charge in [0.2, 0.25) is 5.88 Å². The predicted octanol–water partition coefficient (Wildman–Crippen LogP) is 2.59. The van der Waals surface area contributed by atoms with Gasteiger partial charge in [-0.15, -0.1) is 0 Å². The average molecular weight is 250 g/mol. The quantitative estimate of drug-likeness (QED) is 0.840. The standard InChI is InChI=1S/C13H22N4O/c1-2-8-18-13-11(14)12(15-9-16-13)17-10-6-4-3-5-7-10/h9-10H,2-8,14H2,1H3,(H,15,16,17). The summed E-state index contributed by atoms with van der Waals surface area (Å²) in [6.07, 6.45) is 8.72. The van der Waals surface area contributed by atoms with Crippen molar-refractivity contribution >= 4 is 11.5 Å². The number of hydrogen-bond acceptors (Lipinski definition) is 5. The maximum atomic E-state index is 6.03. The maximum Gasteiger partial charge on any atom is 0.242 e. The second-order valence-electron chi connectivity index (χ2n) is 4.77. The van der Waals surface area contributed by atoms with Gasteiger partial charge in [-0.3, -0.25) is 0 Å². The van der Waals surface area contributed by atoms with Gasteiger partial charge in [-0.1, -0.05) is 26.2 Å². The molecule has 3 N–H and O–H groups in total. The Morgan fingerprint density at radius 2 is 2.11 bits per heavy atom. The van der Waals surface area contributed by atoms with E-state index >= 15 is 0 Å². The summed E-state index contributed by atoms with van der Waals surface area (Å²) < 4.78 is 5.50. The van der Waals surface area contributed by atoms with E-state index in [1.54, 1.807) is 0 Å². The minimum Gasteiger partial charge on any atom is -0.476 e. The second kappa shape index (κ2) is 6.42. The summed E-state index contributed by atoms with van der Waals surface area (Å²) in [5, 5.41) is 3.41. The van der Waals surface area contributed by atoms with Gasteiger partial charge >= 0.3 is 0 Å². The smallest absolute Gasteiger partial charge is 0.242 e. The molecular weight excluding hydrogens is 228 g/mol. The molecule has 0 unspecified atom stereocenters. The topological polar surface area (TPSA) is 73.1 Å². The Morgan fingerprint density at radius 3 is 2.83 bits per heavy atom. The zero-order valence-corrected chi connectivity index (χ0v) is 11.0. The summed E-state index contributed by atoms with van der Waals surface area (Å²) in [7, 11) is 0. The van der Waals surface area contributed by atoms with Gasteiger partial charge < -0.3 is 15.8 Å². The zero-order valence-electron chi connectivity index (χ0n) is 11.0. The summed E-state index contributed by atoms with van der Waals surface area (Å²) in [5.74, 6) is 1.20. The molecule has 0 bridgehead atoms. The first-order valence-corrected chi connectivity index (χ1v) is 6.81. The van der Waals surface area contributed by atoms with E-state index in [0.717, 1.165) is 6.42 Å². The summed E-state index contributed by atoms with van der Waals surface area (Å²) in [6.45, 7) is 2.68. The molecule has 0 aliphatic heterocycles. The van der Waals surface area contributed by atoms with Crippen LogP contribution >= 0.6 is 0 Å². The van der Waals surface area contributed by atoms with Crippen LogP contribution in [0.5, 0.6) is 5.88 Å². The first kappa shape index (κ1) is 12.9. The highest BCUT2D eigenvalue weighted by molar-refractivity contribution is 5.66. The molecule has 1 aromatic rings. The van der Waals surface area contributed by atoms with Crippen LogP contribution in [-0.4, -0.2) is 22.6 Å². The molecule has 0 atom stereocenters. The first-order valence-electron chi connectivity index (χ1n) is 6.81. The summed E-state index contributed by atoms with van der Waals surface area (Å²) in [4.78, 5) is 8.29. The summed E-state index contributed by atoms with van der Waals surface area (Å²) in [5.41, 5.74) is 6.55. The van der Waals surface area contributed by atoms with Crippen molar-refractivity contribution in [3.8, 4) is 5.88 Å². The number of nitrogens with zero attached hydrogens (tertiary/aromatic N) is 2. The van der Waals surface area contributed by atoms with Gasteiger partial charge in [-0.2, -0.15) is 4.98 Å². The highest BCUT2D eigenvalue weighted by atomic mass is 16.5. The van der Waals surface area contributed by atoms with Crippen molar-refractivity contribution in [1.29, 1.82) is 0 Å². The molecule has 5 nitrogen and oxygen atoms in total. The van der Waals surface area contributed by atoms with E-state index in [9.17, 15) is 0 Å². The predicted molar refractivity (Wildman–Crippen MR) is 72.7 cm³/mol. The maximum absolute atomic E-state index is 6.03. The molecule has 1 heterocycles. The van der Waals surface area contributed by atoms with Crippen LogP contribution in [0.1, 0.15) is 45.4 Å². The molecule has 18 heavy (non-hydrogen) atoms. The lowest BCUT2D eigenvalue weighted by molar-refractivity contribution is 0.306. The number of hydrogen-bond donors (Lipinski definition) is 2. The van der Waals surface area contributed by atoms with Crippen molar-refractivity contribution in [2.75, 3.05) is 17.7 Å². The van der Waals surface area contributed by atoms with E-state index in [2.05, 4.69) is 22.2 Å². The Balaban J connectivity index is 2.02. The minimum atomic E-state index is 0.481. The normalized spacial score (nSPS) is 16.5. The first-order chi connectivity index (χ1) is 8.81. The van der Waals surface area contributed by atoms with Crippen molar-refractivity contribution in [1.82, 2.24) is 9.97 Å². The number of nitrogens with one attached hydrogen (secondary N) is 1. The van der Waals surface area contributed by atoms with E-state index in [1.807, 2.05) is 0 Å². The largest absolute Gasteiger partial charge is 0.476 e. The number of nitrogen functional groups attached to an aromatic ring is 1. The van der Waals surface area contributed by atoms with Crippen LogP contribution in [0.4, 0.5) is 11.5 Å². The van der Waals surface area contributed by atoms with Crippen molar-refractivity contribution in [2.45, 2.75) is 51.5 Å². The van der Waals surface area contributed by atoms with Gasteiger partial charge in [0.15, 0.2) is 5.82 Å². The van der Waals surface area contributed by atoms with Gasteiger partial charge in [0.25, 0.3) is 0 Å². The number of nitrogens with two attached hydrogens (primary N) is 1. The Bertz CT molecular complexity index is 377. The lowest BCUT2D eigenvalue weighted by Crippen LogP contribution is -2.23. The molecule has 1 fully saturated rings. The molecule has 0 amide bonds. The van der Waals surface area contributed by atoms with Crippen molar-refractivity contribution < 1.29 is 4.74 Å². The van der Waals surface area contributed by atoms with Crippen LogP contribution in [0, 0.1) is 0 Å². The van der Waals surface area contributed by atoms with E-state index in [0.29, 0.717) is 30.0 Å². The number of ether oxygens (including phenoxy) is 1. The molecule has 1 aliphatic rings. The SMILES string of the molecule is CCCOc1ncnc(NC2CCCCC2)c1N. The Kier molecular flexibility index (Phi) is 4.61. The van der Waals surface area contributed by atoms with Gasteiger partial charge in [0, 0.05) is 6.04 Å². The second-order valence-corrected chi connectivity index (χ2v) is 4.77. The Morgan fingerprint density at radius 1 is 1.33 bits per heavy atom. The van der Waals surface area contributed by atoms with Crippen LogP contribution in [0.15, 0.2) is 6.33 Å². The fraction of sp³-hybridized carbons (Fsp3) is 0.692. The zero-order chi connectivity index (χ0) is 12.8. The molecule has 2 rings (SSSR count). The molecule has 1 saturated carbocycles. The molecule has 0 saturated heterocycles. The third-order valence-electron chi connectivity index (χ3n) is 3.24. The molecular formula is C13H22N4O. The van der Waals surface area contributed by atoms with Crippen molar-refractivity contribution in [3.63, 3.8) is 0 Å². The molecule has 0 aromatic carbocycles. The molecule has 0 radical (unpaired) electrons. The van der Waals surface area contributed by atoms with Crippen molar-refractivity contribution in [3.05, 3.63) is 6.33 Å². The fourth-order valence-corrected chi connectivity index (χ4v) is 2.25. The Hall–Kier alpha value is -1.52. The average Bonchev–Trinajstić information content (AvgIpc) is 2.41. The lowest BCUT2D eigenvalue weighted by Gasteiger charge is -2.24.